The summed E-state index contributed by atoms with van der Waals surface area (Å²) in [7, 11) is 0. The van der Waals surface area contributed by atoms with E-state index in [0.717, 1.165) is 11.1 Å². The fourth-order valence-corrected chi connectivity index (χ4v) is 2.34. The second-order valence-electron chi connectivity index (χ2n) is 4.80. The van der Waals surface area contributed by atoms with Gasteiger partial charge < -0.3 is 4.90 Å². The lowest BCUT2D eigenvalue weighted by molar-refractivity contribution is -0.148. The van der Waals surface area contributed by atoms with Gasteiger partial charge in [0.2, 0.25) is 5.91 Å². The fraction of sp³-hybridized carbons (Fsp3) is 0.500. The molecule has 0 N–H and O–H groups in total. The van der Waals surface area contributed by atoms with Gasteiger partial charge in [0.05, 0.1) is 6.42 Å². The lowest BCUT2D eigenvalue weighted by atomic mass is 10.0. The van der Waals surface area contributed by atoms with Crippen molar-refractivity contribution in [1.82, 2.24) is 9.88 Å². The Hall–Kier alpha value is -1.56. The number of rotatable bonds is 3. The number of alkyl halides is 3. The molecule has 1 amide bonds. The molecule has 0 saturated heterocycles. The van der Waals surface area contributed by atoms with Crippen LogP contribution in [-0.2, 0) is 4.79 Å². The van der Waals surface area contributed by atoms with E-state index < -0.39 is 24.9 Å². The van der Waals surface area contributed by atoms with E-state index in [1.165, 1.54) is 4.90 Å². The Morgan fingerprint density at radius 2 is 2.09 bits per heavy atom. The van der Waals surface area contributed by atoms with Gasteiger partial charge in [-0.15, -0.1) is 0 Å². The van der Waals surface area contributed by atoms with Crippen molar-refractivity contribution in [2.24, 2.45) is 0 Å². The zero-order chi connectivity index (χ0) is 17.5. The molecule has 0 spiro atoms. The second-order valence-corrected chi connectivity index (χ2v) is 5.19. The molecule has 0 fully saturated rings. The van der Waals surface area contributed by atoms with E-state index in [-0.39, 0.29) is 0 Å². The number of aromatic nitrogens is 1. The summed E-state index contributed by atoms with van der Waals surface area (Å²) < 4.78 is 36.3. The van der Waals surface area contributed by atoms with Gasteiger partial charge in [-0.05, 0) is 29.7 Å². The van der Waals surface area contributed by atoms with Gasteiger partial charge in [-0.1, -0.05) is 31.5 Å². The van der Waals surface area contributed by atoms with Crippen molar-refractivity contribution in [2.45, 2.75) is 39.3 Å². The highest BCUT2D eigenvalue weighted by molar-refractivity contribution is 6.29. The number of pyridine rings is 1. The number of amides is 1. The van der Waals surface area contributed by atoms with Gasteiger partial charge in [0.25, 0.3) is 0 Å². The molecule has 0 atom stereocenters. The van der Waals surface area contributed by atoms with Crippen LogP contribution in [0.15, 0.2) is 24.4 Å². The maximum absolute atomic E-state index is 12.1. The van der Waals surface area contributed by atoms with E-state index in [0.29, 0.717) is 24.7 Å². The highest BCUT2D eigenvalue weighted by atomic mass is 35.5. The molecule has 23 heavy (non-hydrogen) atoms. The number of nitrogens with zero attached hydrogens (tertiary/aromatic N) is 2. The molecule has 1 aromatic heterocycles. The Balaban J connectivity index is 0.00000127. The Labute approximate surface area is 139 Å². The van der Waals surface area contributed by atoms with E-state index >= 15 is 0 Å². The molecule has 1 aliphatic heterocycles. The summed E-state index contributed by atoms with van der Waals surface area (Å²) in [5.41, 5.74) is 1.96. The molecule has 7 heteroatoms. The highest BCUT2D eigenvalue weighted by Crippen LogP contribution is 2.25. The number of carbonyl (C=O) groups is 1. The summed E-state index contributed by atoms with van der Waals surface area (Å²) in [5.74, 6) is -0.463. The van der Waals surface area contributed by atoms with Gasteiger partial charge in [0, 0.05) is 25.7 Å². The minimum Gasteiger partial charge on any atom is -0.339 e. The van der Waals surface area contributed by atoms with Crippen LogP contribution in [0.25, 0.3) is 5.57 Å². The van der Waals surface area contributed by atoms with Gasteiger partial charge in [-0.25, -0.2) is 4.98 Å². The lowest BCUT2D eigenvalue weighted by Crippen LogP contribution is -2.35. The summed E-state index contributed by atoms with van der Waals surface area (Å²) >= 11 is 5.82. The van der Waals surface area contributed by atoms with Crippen molar-refractivity contribution >= 4 is 23.1 Å². The Morgan fingerprint density at radius 3 is 2.61 bits per heavy atom. The molecule has 0 aliphatic carbocycles. The minimum absolute atomic E-state index is 0.325. The molecular weight excluding hydrogens is 329 g/mol. The van der Waals surface area contributed by atoms with Crippen LogP contribution in [0.3, 0.4) is 0 Å². The maximum Gasteiger partial charge on any atom is 0.389 e. The summed E-state index contributed by atoms with van der Waals surface area (Å²) in [6, 6.07) is 3.55. The van der Waals surface area contributed by atoms with E-state index in [1.807, 2.05) is 26.0 Å². The standard InChI is InChI=1S/C14H14ClF3N2O.C2H6/c15-12-9-11(2-6-19-12)10-3-7-20(8-4-10)13(21)1-5-14(16,17)18;1-2/h2-3,6,9H,1,4-5,7-8H2;1-2H3. The first-order chi connectivity index (χ1) is 10.8. The molecule has 128 valence electrons. The third-order valence-corrected chi connectivity index (χ3v) is 3.49. The van der Waals surface area contributed by atoms with Crippen molar-refractivity contribution in [2.75, 3.05) is 13.1 Å². The van der Waals surface area contributed by atoms with Crippen molar-refractivity contribution in [3.05, 3.63) is 35.1 Å². The summed E-state index contributed by atoms with van der Waals surface area (Å²) in [5, 5.41) is 0.386. The second kappa shape index (κ2) is 8.91. The molecule has 3 nitrogen and oxygen atoms in total. The first-order valence-electron chi connectivity index (χ1n) is 7.50. The summed E-state index contributed by atoms with van der Waals surface area (Å²) in [6.45, 7) is 4.74. The van der Waals surface area contributed by atoms with Crippen molar-refractivity contribution in [1.29, 1.82) is 0 Å². The third kappa shape index (κ3) is 6.60. The van der Waals surface area contributed by atoms with Crippen molar-refractivity contribution in [3.8, 4) is 0 Å². The molecule has 0 aromatic carbocycles. The molecule has 0 unspecified atom stereocenters. The zero-order valence-electron chi connectivity index (χ0n) is 13.2. The maximum atomic E-state index is 12.1. The van der Waals surface area contributed by atoms with E-state index in [1.54, 1.807) is 12.3 Å². The molecule has 1 aliphatic rings. The van der Waals surface area contributed by atoms with Crippen LogP contribution >= 0.6 is 11.6 Å². The summed E-state index contributed by atoms with van der Waals surface area (Å²) in [6.07, 6.45) is -1.81. The predicted octanol–water partition coefficient (Wildman–Crippen LogP) is 4.72. The fourth-order valence-electron chi connectivity index (χ4n) is 2.17. The van der Waals surface area contributed by atoms with Gasteiger partial charge >= 0.3 is 6.18 Å². The van der Waals surface area contributed by atoms with E-state index in [9.17, 15) is 18.0 Å². The van der Waals surface area contributed by atoms with Gasteiger partial charge in [0.15, 0.2) is 0 Å². The molecule has 2 rings (SSSR count). The van der Waals surface area contributed by atoms with Crippen LogP contribution in [-0.4, -0.2) is 35.1 Å². The smallest absolute Gasteiger partial charge is 0.339 e. The molecule has 0 radical (unpaired) electrons. The van der Waals surface area contributed by atoms with E-state index in [4.69, 9.17) is 11.6 Å². The van der Waals surface area contributed by atoms with Crippen LogP contribution in [0.4, 0.5) is 13.2 Å². The SMILES string of the molecule is CC.O=C(CCC(F)(F)F)N1CC=C(c2ccnc(Cl)c2)CC1. The third-order valence-electron chi connectivity index (χ3n) is 3.28. The molecule has 1 aromatic rings. The topological polar surface area (TPSA) is 33.2 Å². The lowest BCUT2D eigenvalue weighted by Gasteiger charge is -2.27. The number of carbonyl (C=O) groups excluding carboxylic acids is 1. The number of hydrogen-bond donors (Lipinski definition) is 0. The quantitative estimate of drug-likeness (QED) is 0.740. The summed E-state index contributed by atoms with van der Waals surface area (Å²) in [4.78, 5) is 17.0. The zero-order valence-corrected chi connectivity index (χ0v) is 13.9. The van der Waals surface area contributed by atoms with Crippen LogP contribution in [0.2, 0.25) is 5.15 Å². The van der Waals surface area contributed by atoms with Crippen molar-refractivity contribution in [3.63, 3.8) is 0 Å². The highest BCUT2D eigenvalue weighted by Gasteiger charge is 2.29. The van der Waals surface area contributed by atoms with Crippen LogP contribution in [0, 0.1) is 0 Å². The van der Waals surface area contributed by atoms with Gasteiger partial charge in [0.1, 0.15) is 5.15 Å². The monoisotopic (exact) mass is 348 g/mol. The average Bonchev–Trinajstić information content (AvgIpc) is 2.54. The number of halogens is 4. The van der Waals surface area contributed by atoms with Gasteiger partial charge in [-0.3, -0.25) is 4.79 Å². The molecule has 0 bridgehead atoms. The Bertz CT molecular complexity index is 559. The Kier molecular flexibility index (Phi) is 7.55. The van der Waals surface area contributed by atoms with Crippen LogP contribution < -0.4 is 0 Å². The van der Waals surface area contributed by atoms with Crippen LogP contribution in [0.1, 0.15) is 38.7 Å². The first-order valence-corrected chi connectivity index (χ1v) is 7.88. The normalized spacial score (nSPS) is 14.7. The minimum atomic E-state index is -4.29. The molecule has 0 saturated carbocycles. The van der Waals surface area contributed by atoms with Crippen molar-refractivity contribution < 1.29 is 18.0 Å². The molecule has 2 heterocycles. The Morgan fingerprint density at radius 1 is 1.39 bits per heavy atom. The number of hydrogen-bond acceptors (Lipinski definition) is 2. The van der Waals surface area contributed by atoms with Gasteiger partial charge in [-0.2, -0.15) is 13.2 Å². The van der Waals surface area contributed by atoms with E-state index in [2.05, 4.69) is 4.98 Å². The largest absolute Gasteiger partial charge is 0.389 e. The first kappa shape index (κ1) is 19.5. The molecular formula is C16H20ClF3N2O. The predicted molar refractivity (Wildman–Crippen MR) is 85.1 cm³/mol. The average molecular weight is 349 g/mol. The van der Waals surface area contributed by atoms with Crippen LogP contribution in [0.5, 0.6) is 0 Å².